The molecule has 2 nitrogen and oxygen atoms in total. The first-order valence-electron chi connectivity index (χ1n) is 4.93. The number of hydrogen-bond donors (Lipinski definition) is 0. The molecule has 15 heavy (non-hydrogen) atoms. The Bertz CT molecular complexity index is 369. The van der Waals surface area contributed by atoms with Crippen molar-refractivity contribution < 1.29 is 0 Å². The molecule has 0 fully saturated rings. The minimum absolute atomic E-state index is 0.547. The number of rotatable bonds is 4. The number of hydrogen-bond acceptors (Lipinski definition) is 3. The van der Waals surface area contributed by atoms with E-state index in [2.05, 4.69) is 40.8 Å². The zero-order chi connectivity index (χ0) is 11.3. The maximum atomic E-state index is 8.98. The van der Waals surface area contributed by atoms with Crippen molar-refractivity contribution in [3.8, 4) is 6.07 Å². The fraction of sp³-hybridized carbons (Fsp3) is 0.455. The Morgan fingerprint density at radius 1 is 1.53 bits per heavy atom. The Labute approximate surface area is 103 Å². The van der Waals surface area contributed by atoms with E-state index >= 15 is 0 Å². The van der Waals surface area contributed by atoms with Crippen LogP contribution in [0.25, 0.3) is 0 Å². The van der Waals surface area contributed by atoms with Gasteiger partial charge in [0, 0.05) is 15.9 Å². The van der Waals surface area contributed by atoms with E-state index in [4.69, 9.17) is 5.26 Å². The summed E-state index contributed by atoms with van der Waals surface area (Å²) in [6, 6.07) is 3.99. The van der Waals surface area contributed by atoms with E-state index in [1.807, 2.05) is 6.07 Å². The summed E-state index contributed by atoms with van der Waals surface area (Å²) in [6.07, 6.45) is 3.94. The lowest BCUT2D eigenvalue weighted by atomic mass is 10.3. The third-order valence-corrected chi connectivity index (χ3v) is 4.11. The van der Waals surface area contributed by atoms with E-state index < -0.39 is 0 Å². The highest BCUT2D eigenvalue weighted by molar-refractivity contribution is 9.10. The first-order chi connectivity index (χ1) is 7.21. The minimum atomic E-state index is 0.547. The van der Waals surface area contributed by atoms with Crippen molar-refractivity contribution in [2.75, 3.05) is 0 Å². The predicted molar refractivity (Wildman–Crippen MR) is 66.9 cm³/mol. The van der Waals surface area contributed by atoms with Gasteiger partial charge in [-0.05, 0) is 34.8 Å². The van der Waals surface area contributed by atoms with E-state index in [1.54, 1.807) is 18.0 Å². The van der Waals surface area contributed by atoms with E-state index in [9.17, 15) is 0 Å². The van der Waals surface area contributed by atoms with Crippen molar-refractivity contribution in [3.05, 3.63) is 22.3 Å². The van der Waals surface area contributed by atoms with Crippen LogP contribution in [0.15, 0.2) is 21.8 Å². The van der Waals surface area contributed by atoms with Crippen LogP contribution in [-0.4, -0.2) is 10.2 Å². The van der Waals surface area contributed by atoms with Gasteiger partial charge in [-0.2, -0.15) is 5.26 Å². The van der Waals surface area contributed by atoms with Crippen molar-refractivity contribution in [3.63, 3.8) is 0 Å². The molecule has 1 heterocycles. The summed E-state index contributed by atoms with van der Waals surface area (Å²) in [6.45, 7) is 4.32. The standard InChI is InChI=1S/C11H13BrN2S/c1-3-10(4-2)15-11-8(6-13)5-9(12)7-14-11/h5,7,10H,3-4H2,1-2H3. The molecule has 0 saturated carbocycles. The molecule has 0 spiro atoms. The van der Waals surface area contributed by atoms with Crippen LogP contribution in [0.4, 0.5) is 0 Å². The molecule has 0 aliphatic heterocycles. The minimum Gasteiger partial charge on any atom is -0.247 e. The Kier molecular flexibility index (Phi) is 5.13. The fourth-order valence-electron chi connectivity index (χ4n) is 1.21. The lowest BCUT2D eigenvalue weighted by Crippen LogP contribution is -1.99. The van der Waals surface area contributed by atoms with Crippen molar-refractivity contribution >= 4 is 27.7 Å². The highest BCUT2D eigenvalue weighted by Gasteiger charge is 2.11. The second-order valence-corrected chi connectivity index (χ2v) is 5.38. The van der Waals surface area contributed by atoms with Gasteiger partial charge in [0.1, 0.15) is 11.1 Å². The second kappa shape index (κ2) is 6.14. The third kappa shape index (κ3) is 3.51. The maximum Gasteiger partial charge on any atom is 0.114 e. The monoisotopic (exact) mass is 284 g/mol. The molecule has 0 saturated heterocycles. The first kappa shape index (κ1) is 12.5. The SMILES string of the molecule is CCC(CC)Sc1ncc(Br)cc1C#N. The molecule has 0 aromatic carbocycles. The second-order valence-electron chi connectivity index (χ2n) is 3.17. The first-order valence-corrected chi connectivity index (χ1v) is 6.60. The van der Waals surface area contributed by atoms with Gasteiger partial charge in [-0.3, -0.25) is 0 Å². The normalized spacial score (nSPS) is 10.3. The van der Waals surface area contributed by atoms with E-state index in [-0.39, 0.29) is 0 Å². The molecule has 0 aliphatic carbocycles. The van der Waals surface area contributed by atoms with Crippen LogP contribution in [0.3, 0.4) is 0 Å². The molecule has 0 amide bonds. The van der Waals surface area contributed by atoms with Crippen LogP contribution in [0.1, 0.15) is 32.3 Å². The lowest BCUT2D eigenvalue weighted by Gasteiger charge is -2.11. The van der Waals surface area contributed by atoms with Crippen molar-refractivity contribution in [1.29, 1.82) is 5.26 Å². The number of halogens is 1. The van der Waals surface area contributed by atoms with Gasteiger partial charge in [0.15, 0.2) is 0 Å². The summed E-state index contributed by atoms with van der Waals surface area (Å²) in [7, 11) is 0. The van der Waals surface area contributed by atoms with Gasteiger partial charge in [0.2, 0.25) is 0 Å². The highest BCUT2D eigenvalue weighted by Crippen LogP contribution is 2.29. The number of aromatic nitrogens is 1. The summed E-state index contributed by atoms with van der Waals surface area (Å²) in [5, 5.41) is 10.4. The Morgan fingerprint density at radius 3 is 2.73 bits per heavy atom. The van der Waals surface area contributed by atoms with Gasteiger partial charge >= 0.3 is 0 Å². The van der Waals surface area contributed by atoms with Crippen LogP contribution >= 0.6 is 27.7 Å². The molecule has 1 aromatic rings. The average molecular weight is 285 g/mol. The molecule has 4 heteroatoms. The Morgan fingerprint density at radius 2 is 2.20 bits per heavy atom. The van der Waals surface area contributed by atoms with E-state index in [1.165, 1.54) is 0 Å². The fourth-order valence-corrected chi connectivity index (χ4v) is 2.54. The largest absolute Gasteiger partial charge is 0.247 e. The molecule has 0 N–H and O–H groups in total. The number of nitrogens with zero attached hydrogens (tertiary/aromatic N) is 2. The smallest absolute Gasteiger partial charge is 0.114 e. The Hall–Kier alpha value is -0.530. The summed E-state index contributed by atoms with van der Waals surface area (Å²) in [5.74, 6) is 0. The van der Waals surface area contributed by atoms with E-state index in [0.29, 0.717) is 10.8 Å². The molecule has 0 aliphatic rings. The van der Waals surface area contributed by atoms with Gasteiger partial charge in [0.05, 0.1) is 5.56 Å². The summed E-state index contributed by atoms with van der Waals surface area (Å²) >= 11 is 5.01. The molecular formula is C11H13BrN2S. The average Bonchev–Trinajstić information content (AvgIpc) is 2.27. The van der Waals surface area contributed by atoms with Gasteiger partial charge in [0.25, 0.3) is 0 Å². The van der Waals surface area contributed by atoms with Crippen LogP contribution in [0.5, 0.6) is 0 Å². The number of pyridine rings is 1. The number of nitriles is 1. The molecule has 0 unspecified atom stereocenters. The molecule has 80 valence electrons. The molecule has 1 rings (SSSR count). The summed E-state index contributed by atoms with van der Waals surface area (Å²) in [4.78, 5) is 4.28. The van der Waals surface area contributed by atoms with E-state index in [0.717, 1.165) is 22.3 Å². The molecular weight excluding hydrogens is 272 g/mol. The summed E-state index contributed by atoms with van der Waals surface area (Å²) < 4.78 is 0.855. The van der Waals surface area contributed by atoms with Gasteiger partial charge in [-0.1, -0.05) is 13.8 Å². The predicted octanol–water partition coefficient (Wildman–Crippen LogP) is 4.00. The van der Waals surface area contributed by atoms with Crippen molar-refractivity contribution in [1.82, 2.24) is 4.98 Å². The van der Waals surface area contributed by atoms with Gasteiger partial charge in [-0.15, -0.1) is 11.8 Å². The highest BCUT2D eigenvalue weighted by atomic mass is 79.9. The third-order valence-electron chi connectivity index (χ3n) is 2.13. The zero-order valence-corrected chi connectivity index (χ0v) is 11.2. The quantitative estimate of drug-likeness (QED) is 0.785. The van der Waals surface area contributed by atoms with Crippen LogP contribution < -0.4 is 0 Å². The summed E-state index contributed by atoms with van der Waals surface area (Å²) in [5.41, 5.74) is 0.654. The molecule has 0 bridgehead atoms. The van der Waals surface area contributed by atoms with Crippen molar-refractivity contribution in [2.24, 2.45) is 0 Å². The zero-order valence-electron chi connectivity index (χ0n) is 8.83. The van der Waals surface area contributed by atoms with Crippen LogP contribution in [0, 0.1) is 11.3 Å². The van der Waals surface area contributed by atoms with Gasteiger partial charge in [-0.25, -0.2) is 4.98 Å². The molecule has 1 aromatic heterocycles. The number of thioether (sulfide) groups is 1. The topological polar surface area (TPSA) is 36.7 Å². The molecule has 0 radical (unpaired) electrons. The van der Waals surface area contributed by atoms with Crippen molar-refractivity contribution in [2.45, 2.75) is 37.0 Å². The Balaban J connectivity index is 2.90. The van der Waals surface area contributed by atoms with Crippen LogP contribution in [-0.2, 0) is 0 Å². The molecule has 0 atom stereocenters. The van der Waals surface area contributed by atoms with Crippen LogP contribution in [0.2, 0.25) is 0 Å². The maximum absolute atomic E-state index is 8.98. The van der Waals surface area contributed by atoms with Gasteiger partial charge < -0.3 is 0 Å². The lowest BCUT2D eigenvalue weighted by molar-refractivity contribution is 0.789.